The van der Waals surface area contributed by atoms with Crippen molar-refractivity contribution in [3.05, 3.63) is 47.8 Å². The number of amides is 2. The molecule has 1 rings (SSSR count). The lowest BCUT2D eigenvalue weighted by Gasteiger charge is -2.18. The van der Waals surface area contributed by atoms with Crippen LogP contribution in [-0.4, -0.2) is 37.7 Å². The molecule has 29 heavy (non-hydrogen) atoms. The van der Waals surface area contributed by atoms with Crippen LogP contribution in [0.25, 0.3) is 0 Å². The van der Waals surface area contributed by atoms with Gasteiger partial charge in [0, 0.05) is 0 Å². The summed E-state index contributed by atoms with van der Waals surface area (Å²) < 4.78 is 23.9. The maximum Gasteiger partial charge on any atom is 0.407 e. The summed E-state index contributed by atoms with van der Waals surface area (Å²) in [5.74, 6) is -2.42. The van der Waals surface area contributed by atoms with Crippen LogP contribution in [0.2, 0.25) is 0 Å². The number of nitrogens with one attached hydrogen (secondary N) is 2. The molecule has 2 N–H and O–H groups in total. The summed E-state index contributed by atoms with van der Waals surface area (Å²) in [6.07, 6.45) is 0.768. The molecule has 0 saturated heterocycles. The van der Waals surface area contributed by atoms with Gasteiger partial charge >= 0.3 is 12.1 Å². The minimum Gasteiger partial charge on any atom is -0.467 e. The van der Waals surface area contributed by atoms with Crippen LogP contribution >= 0.6 is 0 Å². The number of carbonyl (C=O) groups excluding carboxylic acids is 3. The lowest BCUT2D eigenvalue weighted by Crippen LogP contribution is -2.42. The van der Waals surface area contributed by atoms with Gasteiger partial charge in [-0.05, 0) is 30.9 Å². The van der Waals surface area contributed by atoms with Crippen molar-refractivity contribution in [1.82, 2.24) is 10.6 Å². The van der Waals surface area contributed by atoms with E-state index in [1.54, 1.807) is 12.1 Å². The van der Waals surface area contributed by atoms with Gasteiger partial charge < -0.3 is 20.1 Å². The second-order valence-corrected chi connectivity index (χ2v) is 7.02. The Morgan fingerprint density at radius 1 is 1.14 bits per heavy atom. The smallest absolute Gasteiger partial charge is 0.407 e. The normalized spacial score (nSPS) is 13.4. The SMILES string of the molecule is COC(=O)[C@H](C)NC(=O)[C@@H](/C=C(\F)CNC(=O)OCc1ccccc1)CC(C)C. The molecule has 0 spiro atoms. The number of benzene rings is 1. The van der Waals surface area contributed by atoms with Crippen molar-refractivity contribution in [1.29, 1.82) is 0 Å². The predicted octanol–water partition coefficient (Wildman–Crippen LogP) is 3.11. The molecule has 0 aromatic heterocycles. The van der Waals surface area contributed by atoms with Crippen molar-refractivity contribution in [2.75, 3.05) is 13.7 Å². The van der Waals surface area contributed by atoms with E-state index >= 15 is 0 Å². The van der Waals surface area contributed by atoms with Crippen molar-refractivity contribution in [3.63, 3.8) is 0 Å². The summed E-state index contributed by atoms with van der Waals surface area (Å²) in [6.45, 7) is 4.95. The number of alkyl carbamates (subject to hydrolysis) is 1. The standard InChI is InChI=1S/C21H29FN2O5/c1-14(2)10-17(19(25)24-15(3)20(26)28-4)11-18(22)12-23-21(27)29-13-16-8-6-5-7-9-16/h5-9,11,14-15,17H,10,12-13H2,1-4H3,(H,23,27)(H,24,25)/b18-11-/t15-,17+/m0/s1. The number of halogens is 1. The van der Waals surface area contributed by atoms with Gasteiger partial charge in [-0.3, -0.25) is 4.79 Å². The molecule has 7 nitrogen and oxygen atoms in total. The third-order valence-electron chi connectivity index (χ3n) is 3.97. The van der Waals surface area contributed by atoms with Crippen LogP contribution in [0.15, 0.2) is 42.2 Å². The Bertz CT molecular complexity index is 706. The van der Waals surface area contributed by atoms with Crippen LogP contribution in [0, 0.1) is 11.8 Å². The molecule has 0 unspecified atom stereocenters. The van der Waals surface area contributed by atoms with Gasteiger partial charge in [-0.25, -0.2) is 14.0 Å². The van der Waals surface area contributed by atoms with E-state index < -0.39 is 42.3 Å². The zero-order chi connectivity index (χ0) is 21.8. The Morgan fingerprint density at radius 3 is 2.38 bits per heavy atom. The first kappa shape index (κ1) is 24.1. The molecule has 2 amide bonds. The molecule has 8 heteroatoms. The molecule has 0 heterocycles. The highest BCUT2D eigenvalue weighted by atomic mass is 19.1. The second-order valence-electron chi connectivity index (χ2n) is 7.02. The molecule has 0 aliphatic heterocycles. The molecule has 0 radical (unpaired) electrons. The van der Waals surface area contributed by atoms with E-state index in [0.29, 0.717) is 6.42 Å². The first-order valence-corrected chi connectivity index (χ1v) is 9.41. The summed E-state index contributed by atoms with van der Waals surface area (Å²) in [6, 6.07) is 8.25. The Morgan fingerprint density at radius 2 is 1.79 bits per heavy atom. The quantitative estimate of drug-likeness (QED) is 0.580. The van der Waals surface area contributed by atoms with Gasteiger partial charge in [0.1, 0.15) is 18.5 Å². The molecule has 160 valence electrons. The maximum absolute atomic E-state index is 14.3. The van der Waals surface area contributed by atoms with E-state index in [1.807, 2.05) is 32.0 Å². The van der Waals surface area contributed by atoms with Crippen molar-refractivity contribution in [3.8, 4) is 0 Å². The van der Waals surface area contributed by atoms with Gasteiger partial charge in [-0.1, -0.05) is 44.2 Å². The van der Waals surface area contributed by atoms with Crippen molar-refractivity contribution >= 4 is 18.0 Å². The number of esters is 1. The highest BCUT2D eigenvalue weighted by Gasteiger charge is 2.23. The van der Waals surface area contributed by atoms with E-state index in [9.17, 15) is 18.8 Å². The largest absolute Gasteiger partial charge is 0.467 e. The second kappa shape index (κ2) is 12.5. The summed E-state index contributed by atoms with van der Waals surface area (Å²) in [7, 11) is 1.22. The molecule has 0 saturated carbocycles. The fourth-order valence-corrected chi connectivity index (χ4v) is 2.52. The number of hydrogen-bond acceptors (Lipinski definition) is 5. The van der Waals surface area contributed by atoms with E-state index in [-0.39, 0.29) is 12.5 Å². The predicted molar refractivity (Wildman–Crippen MR) is 106 cm³/mol. The number of hydrogen-bond donors (Lipinski definition) is 2. The zero-order valence-electron chi connectivity index (χ0n) is 17.2. The van der Waals surface area contributed by atoms with E-state index in [1.165, 1.54) is 14.0 Å². The molecule has 0 aliphatic rings. The average Bonchev–Trinajstić information content (AvgIpc) is 2.69. The zero-order valence-corrected chi connectivity index (χ0v) is 17.2. The molecule has 1 aromatic carbocycles. The summed E-state index contributed by atoms with van der Waals surface area (Å²) in [5, 5.41) is 4.82. The van der Waals surface area contributed by atoms with Crippen molar-refractivity contribution < 1.29 is 28.2 Å². The van der Waals surface area contributed by atoms with Crippen LogP contribution in [0.5, 0.6) is 0 Å². The van der Waals surface area contributed by atoms with Gasteiger partial charge in [0.25, 0.3) is 0 Å². The van der Waals surface area contributed by atoms with Crippen LogP contribution in [-0.2, 0) is 25.7 Å². The Kier molecular flexibility index (Phi) is 10.4. The molecule has 1 aromatic rings. The van der Waals surface area contributed by atoms with Gasteiger partial charge in [-0.15, -0.1) is 0 Å². The Hall–Kier alpha value is -2.90. The van der Waals surface area contributed by atoms with E-state index in [4.69, 9.17) is 4.74 Å². The minimum atomic E-state index is -0.843. The summed E-state index contributed by atoms with van der Waals surface area (Å²) >= 11 is 0. The number of ether oxygens (including phenoxy) is 2. The molecular weight excluding hydrogens is 379 g/mol. The van der Waals surface area contributed by atoms with Crippen molar-refractivity contribution in [2.24, 2.45) is 11.8 Å². The molecule has 2 atom stereocenters. The van der Waals surface area contributed by atoms with Gasteiger partial charge in [0.2, 0.25) is 5.91 Å². The fraction of sp³-hybridized carbons (Fsp3) is 0.476. The van der Waals surface area contributed by atoms with Gasteiger partial charge in [-0.2, -0.15) is 0 Å². The highest BCUT2D eigenvalue weighted by Crippen LogP contribution is 2.16. The van der Waals surface area contributed by atoms with E-state index in [2.05, 4.69) is 15.4 Å². The van der Waals surface area contributed by atoms with E-state index in [0.717, 1.165) is 11.6 Å². The lowest BCUT2D eigenvalue weighted by molar-refractivity contribution is -0.144. The van der Waals surface area contributed by atoms with Crippen molar-refractivity contribution in [2.45, 2.75) is 39.8 Å². The third-order valence-corrected chi connectivity index (χ3v) is 3.97. The molecule has 0 aliphatic carbocycles. The van der Waals surface area contributed by atoms with Crippen LogP contribution in [0.1, 0.15) is 32.8 Å². The molecule has 0 bridgehead atoms. The monoisotopic (exact) mass is 408 g/mol. The first-order valence-electron chi connectivity index (χ1n) is 9.41. The Balaban J connectivity index is 2.59. The topological polar surface area (TPSA) is 93.7 Å². The highest BCUT2D eigenvalue weighted by molar-refractivity contribution is 5.86. The van der Waals surface area contributed by atoms with Crippen LogP contribution < -0.4 is 10.6 Å². The molecule has 0 fully saturated rings. The first-order chi connectivity index (χ1) is 13.7. The summed E-state index contributed by atoms with van der Waals surface area (Å²) in [5.41, 5.74) is 0.812. The maximum atomic E-state index is 14.3. The van der Waals surface area contributed by atoms with Gasteiger partial charge in [0.15, 0.2) is 0 Å². The van der Waals surface area contributed by atoms with Crippen LogP contribution in [0.4, 0.5) is 9.18 Å². The Labute approximate surface area is 170 Å². The number of rotatable bonds is 10. The lowest BCUT2D eigenvalue weighted by atomic mass is 9.95. The third kappa shape index (κ3) is 9.73. The molecular formula is C21H29FN2O5. The van der Waals surface area contributed by atoms with Gasteiger partial charge in [0.05, 0.1) is 19.6 Å². The minimum absolute atomic E-state index is 0.0712. The fourth-order valence-electron chi connectivity index (χ4n) is 2.52. The number of carbonyl (C=O) groups is 3. The summed E-state index contributed by atoms with van der Waals surface area (Å²) in [4.78, 5) is 35.6. The van der Waals surface area contributed by atoms with Crippen LogP contribution in [0.3, 0.4) is 0 Å². The number of methoxy groups -OCH3 is 1. The average molecular weight is 408 g/mol.